The molecule has 2 aromatic heterocycles. The molecule has 0 spiro atoms. The van der Waals surface area contributed by atoms with E-state index in [1.807, 2.05) is 53.9 Å². The van der Waals surface area contributed by atoms with Crippen molar-refractivity contribution in [3.63, 3.8) is 0 Å². The predicted molar refractivity (Wildman–Crippen MR) is 97.2 cm³/mol. The molecule has 1 atom stereocenters. The first kappa shape index (κ1) is 15.4. The number of halogens is 1. The van der Waals surface area contributed by atoms with Crippen LogP contribution in [0.5, 0.6) is 0 Å². The van der Waals surface area contributed by atoms with Crippen LogP contribution in [0.4, 0.5) is 0 Å². The molecule has 1 aromatic carbocycles. The van der Waals surface area contributed by atoms with Crippen molar-refractivity contribution in [2.45, 2.75) is 12.5 Å². The molecule has 3 aromatic rings. The minimum atomic E-state index is -0.215. The Morgan fingerprint density at radius 1 is 1.21 bits per heavy atom. The first-order valence-corrected chi connectivity index (χ1v) is 9.13. The van der Waals surface area contributed by atoms with Gasteiger partial charge < -0.3 is 4.42 Å². The van der Waals surface area contributed by atoms with Gasteiger partial charge in [0, 0.05) is 10.9 Å². The molecule has 0 N–H and O–H groups in total. The van der Waals surface area contributed by atoms with Gasteiger partial charge in [0.25, 0.3) is 5.91 Å². The van der Waals surface area contributed by atoms with Gasteiger partial charge in [-0.05, 0) is 41.3 Å². The van der Waals surface area contributed by atoms with Crippen LogP contribution >= 0.6 is 27.3 Å². The summed E-state index contributed by atoms with van der Waals surface area (Å²) in [4.78, 5) is 13.5. The maximum Gasteiger partial charge on any atom is 0.284 e. The second kappa shape index (κ2) is 6.37. The molecule has 24 heavy (non-hydrogen) atoms. The van der Waals surface area contributed by atoms with E-state index in [1.54, 1.807) is 11.3 Å². The zero-order valence-electron chi connectivity index (χ0n) is 12.6. The standard InChI is InChI=1S/C18H13BrN2O2S/c19-13-7-5-12(6-8-13)14-11-15(16-3-1-9-23-16)21(20-14)18(22)17-4-2-10-24-17/h1-10,15H,11H2/t15-/m0/s1. The van der Waals surface area contributed by atoms with Crippen molar-refractivity contribution in [3.8, 4) is 0 Å². The van der Waals surface area contributed by atoms with Gasteiger partial charge in [-0.3, -0.25) is 4.79 Å². The van der Waals surface area contributed by atoms with Crippen molar-refractivity contribution < 1.29 is 9.21 Å². The molecule has 1 aliphatic rings. The molecule has 1 aliphatic heterocycles. The molecule has 0 bridgehead atoms. The molecule has 0 aliphatic carbocycles. The van der Waals surface area contributed by atoms with Crippen LogP contribution in [0.1, 0.15) is 33.5 Å². The van der Waals surface area contributed by atoms with Gasteiger partial charge in [-0.25, -0.2) is 5.01 Å². The van der Waals surface area contributed by atoms with E-state index in [1.165, 1.54) is 11.3 Å². The predicted octanol–water partition coefficient (Wildman–Crippen LogP) is 5.10. The summed E-state index contributed by atoms with van der Waals surface area (Å²) in [6, 6.07) is 15.2. The van der Waals surface area contributed by atoms with Gasteiger partial charge in [-0.2, -0.15) is 5.10 Å². The van der Waals surface area contributed by atoms with Gasteiger partial charge in [-0.1, -0.05) is 34.1 Å². The third-order valence-electron chi connectivity index (χ3n) is 3.90. The molecule has 0 saturated heterocycles. The van der Waals surface area contributed by atoms with Gasteiger partial charge in [-0.15, -0.1) is 11.3 Å². The topological polar surface area (TPSA) is 45.8 Å². The van der Waals surface area contributed by atoms with Crippen molar-refractivity contribution in [2.75, 3.05) is 0 Å². The lowest BCUT2D eigenvalue weighted by molar-refractivity contribution is 0.0698. The van der Waals surface area contributed by atoms with Crippen molar-refractivity contribution in [2.24, 2.45) is 5.10 Å². The van der Waals surface area contributed by atoms with E-state index < -0.39 is 0 Å². The molecule has 3 heterocycles. The van der Waals surface area contributed by atoms with E-state index in [0.717, 1.165) is 21.5 Å². The van der Waals surface area contributed by atoms with Crippen LogP contribution in [-0.2, 0) is 0 Å². The highest BCUT2D eigenvalue weighted by Gasteiger charge is 2.35. The van der Waals surface area contributed by atoms with Crippen LogP contribution in [0.25, 0.3) is 0 Å². The van der Waals surface area contributed by atoms with Gasteiger partial charge in [0.15, 0.2) is 0 Å². The third kappa shape index (κ3) is 2.83. The Morgan fingerprint density at radius 2 is 2.04 bits per heavy atom. The molecule has 0 saturated carbocycles. The Balaban J connectivity index is 1.71. The molecular weight excluding hydrogens is 388 g/mol. The fraction of sp³-hybridized carbons (Fsp3) is 0.111. The van der Waals surface area contributed by atoms with Gasteiger partial charge in [0.1, 0.15) is 11.8 Å². The smallest absolute Gasteiger partial charge is 0.284 e. The summed E-state index contributed by atoms with van der Waals surface area (Å²) in [5.41, 5.74) is 1.89. The number of rotatable bonds is 3. The van der Waals surface area contributed by atoms with Crippen LogP contribution < -0.4 is 0 Å². The summed E-state index contributed by atoms with van der Waals surface area (Å²) in [6.07, 6.45) is 2.26. The minimum absolute atomic E-state index is 0.0986. The molecule has 120 valence electrons. The van der Waals surface area contributed by atoms with Crippen molar-refractivity contribution in [1.29, 1.82) is 0 Å². The van der Waals surface area contributed by atoms with Crippen molar-refractivity contribution in [3.05, 3.63) is 80.8 Å². The average molecular weight is 401 g/mol. The molecule has 0 radical (unpaired) electrons. The number of amides is 1. The first-order chi connectivity index (χ1) is 11.7. The van der Waals surface area contributed by atoms with Crippen molar-refractivity contribution >= 4 is 38.9 Å². The summed E-state index contributed by atoms with van der Waals surface area (Å²) in [5, 5.41) is 8.05. The van der Waals surface area contributed by atoms with E-state index >= 15 is 0 Å². The highest BCUT2D eigenvalue weighted by molar-refractivity contribution is 9.10. The van der Waals surface area contributed by atoms with Crippen molar-refractivity contribution in [1.82, 2.24) is 5.01 Å². The number of carbonyl (C=O) groups is 1. The molecule has 6 heteroatoms. The summed E-state index contributed by atoms with van der Waals surface area (Å²) in [7, 11) is 0. The number of hydrogen-bond acceptors (Lipinski definition) is 4. The molecule has 0 fully saturated rings. The van der Waals surface area contributed by atoms with Crippen LogP contribution in [0.15, 0.2) is 74.2 Å². The summed E-state index contributed by atoms with van der Waals surface area (Å²) >= 11 is 4.86. The third-order valence-corrected chi connectivity index (χ3v) is 5.29. The fourth-order valence-electron chi connectivity index (χ4n) is 2.73. The minimum Gasteiger partial charge on any atom is -0.467 e. The highest BCUT2D eigenvalue weighted by Crippen LogP contribution is 2.34. The van der Waals surface area contributed by atoms with Crippen LogP contribution in [0, 0.1) is 0 Å². The fourth-order valence-corrected chi connectivity index (χ4v) is 3.65. The zero-order chi connectivity index (χ0) is 16.5. The summed E-state index contributed by atoms with van der Waals surface area (Å²) in [6.45, 7) is 0. The maximum atomic E-state index is 12.8. The average Bonchev–Trinajstić information content (AvgIpc) is 3.34. The lowest BCUT2D eigenvalue weighted by Crippen LogP contribution is -2.26. The Bertz CT molecular complexity index is 870. The molecule has 0 unspecified atom stereocenters. The normalized spacial score (nSPS) is 17.1. The van der Waals surface area contributed by atoms with Gasteiger partial charge in [0.05, 0.1) is 16.9 Å². The Kier molecular flexibility index (Phi) is 4.08. The number of hydrazone groups is 1. The Morgan fingerprint density at radius 3 is 2.71 bits per heavy atom. The van der Waals surface area contributed by atoms with Crippen LogP contribution in [0.2, 0.25) is 0 Å². The monoisotopic (exact) mass is 400 g/mol. The Labute approximate surface area is 151 Å². The molecule has 4 rings (SSSR count). The number of carbonyl (C=O) groups excluding carboxylic acids is 1. The second-order valence-corrected chi connectivity index (χ2v) is 7.28. The lowest BCUT2D eigenvalue weighted by Gasteiger charge is -2.18. The maximum absolute atomic E-state index is 12.8. The van der Waals surface area contributed by atoms with E-state index in [2.05, 4.69) is 21.0 Å². The van der Waals surface area contributed by atoms with Gasteiger partial charge in [0.2, 0.25) is 0 Å². The van der Waals surface area contributed by atoms with E-state index in [9.17, 15) is 4.79 Å². The molecular formula is C18H13BrN2O2S. The number of benzene rings is 1. The number of hydrogen-bond donors (Lipinski definition) is 0. The van der Waals surface area contributed by atoms with Gasteiger partial charge >= 0.3 is 0 Å². The SMILES string of the molecule is O=C(c1cccs1)N1N=C(c2ccc(Br)cc2)C[C@H]1c1ccco1. The summed E-state index contributed by atoms with van der Waals surface area (Å²) < 4.78 is 6.56. The quantitative estimate of drug-likeness (QED) is 0.613. The second-order valence-electron chi connectivity index (χ2n) is 5.42. The van der Waals surface area contributed by atoms with E-state index in [0.29, 0.717) is 11.3 Å². The highest BCUT2D eigenvalue weighted by atomic mass is 79.9. The molecule has 4 nitrogen and oxygen atoms in total. The largest absolute Gasteiger partial charge is 0.467 e. The Hall–Kier alpha value is -2.18. The van der Waals surface area contributed by atoms with E-state index in [4.69, 9.17) is 4.42 Å². The first-order valence-electron chi connectivity index (χ1n) is 7.46. The number of nitrogens with zero attached hydrogens (tertiary/aromatic N) is 2. The number of furan rings is 1. The van der Waals surface area contributed by atoms with Crippen LogP contribution in [-0.4, -0.2) is 16.6 Å². The lowest BCUT2D eigenvalue weighted by atomic mass is 10.0. The molecule has 1 amide bonds. The summed E-state index contributed by atoms with van der Waals surface area (Å²) in [5.74, 6) is 0.647. The van der Waals surface area contributed by atoms with Crippen LogP contribution in [0.3, 0.4) is 0 Å². The van der Waals surface area contributed by atoms with E-state index in [-0.39, 0.29) is 11.9 Å². The number of thiophene rings is 1. The zero-order valence-corrected chi connectivity index (χ0v) is 15.0.